The Morgan fingerprint density at radius 2 is 1.62 bits per heavy atom. The van der Waals surface area contributed by atoms with E-state index in [4.69, 9.17) is 0 Å². The second-order valence-corrected chi connectivity index (χ2v) is 1.80. The van der Waals surface area contributed by atoms with Crippen LogP contribution in [0.1, 0.15) is 0 Å². The fraction of sp³-hybridized carbons (Fsp3) is 0. The molecule has 0 saturated heterocycles. The molecule has 0 saturated carbocycles. The van der Waals surface area contributed by atoms with Crippen LogP contribution in [0.4, 0.5) is 4.39 Å². The first-order valence-corrected chi connectivity index (χ1v) is 2.51. The number of benzene rings is 1. The van der Waals surface area contributed by atoms with Gasteiger partial charge in [-0.25, -0.2) is 0 Å². The van der Waals surface area contributed by atoms with Gasteiger partial charge < -0.3 is 0 Å². The van der Waals surface area contributed by atoms with Gasteiger partial charge in [-0.2, -0.15) is 0 Å². The van der Waals surface area contributed by atoms with E-state index in [-0.39, 0.29) is 5.82 Å². The molecule has 0 unspecified atom stereocenters. The van der Waals surface area contributed by atoms with E-state index in [0.717, 1.165) is 4.24 Å². The van der Waals surface area contributed by atoms with Gasteiger partial charge in [0.25, 0.3) is 0 Å². The van der Waals surface area contributed by atoms with Crippen LogP contribution in [-0.2, 0) is 0 Å². The fourth-order valence-electron chi connectivity index (χ4n) is 0.533. The van der Waals surface area contributed by atoms with Gasteiger partial charge in [-0.15, -0.1) is 0 Å². The molecule has 0 aliphatic carbocycles. The van der Waals surface area contributed by atoms with Crippen molar-refractivity contribution in [1.82, 2.24) is 0 Å². The van der Waals surface area contributed by atoms with Crippen molar-refractivity contribution < 1.29 is 4.39 Å². The number of hydrogen-bond donors (Lipinski definition) is 0. The molecule has 0 radical (unpaired) electrons. The molecule has 0 aromatic heterocycles. The third-order valence-electron chi connectivity index (χ3n) is 1.01. The molecule has 0 bridgehead atoms. The van der Waals surface area contributed by atoms with Crippen molar-refractivity contribution >= 4 is 22.0 Å². The molecule has 1 rings (SSSR count). The van der Waals surface area contributed by atoms with E-state index in [1.807, 2.05) is 17.7 Å². The van der Waals surface area contributed by atoms with Gasteiger partial charge in [0.15, 0.2) is 0 Å². The van der Waals surface area contributed by atoms with E-state index in [2.05, 4.69) is 0 Å². The zero-order valence-corrected chi connectivity index (χ0v) is 4.69. The Morgan fingerprint density at radius 3 is 2.00 bits per heavy atom. The zero-order chi connectivity index (χ0) is 5.98. The van der Waals surface area contributed by atoms with E-state index >= 15 is 0 Å². The molecule has 0 N–H and O–H groups in total. The molecule has 0 atom stereocenters. The molecule has 1 aromatic rings. The Balaban J connectivity index is 3.03. The first kappa shape index (κ1) is 5.88. The summed E-state index contributed by atoms with van der Waals surface area (Å²) in [5.74, 6) is -0.171. The van der Waals surface area contributed by atoms with Crippen LogP contribution in [0.25, 0.3) is 0 Å². The average Bonchev–Trinajstić information content (AvgIpc) is 1.77. The van der Waals surface area contributed by atoms with Crippen LogP contribution < -0.4 is 4.24 Å². The quantitative estimate of drug-likeness (QED) is 0.421. The molecule has 0 fully saturated rings. The minimum atomic E-state index is -0.171. The molecular weight excluding hydrogens is 98.0 g/mol. The summed E-state index contributed by atoms with van der Waals surface area (Å²) >= 11 is 1.93. The van der Waals surface area contributed by atoms with Crippen LogP contribution >= 0.6 is 0 Å². The van der Waals surface area contributed by atoms with Crippen molar-refractivity contribution in [1.29, 1.82) is 0 Å². The molecule has 1 aromatic carbocycles. The van der Waals surface area contributed by atoms with Gasteiger partial charge in [-0.3, -0.25) is 0 Å². The van der Waals surface area contributed by atoms with Crippen molar-refractivity contribution in [3.8, 4) is 0 Å². The average molecular weight is 102 g/mol. The van der Waals surface area contributed by atoms with Crippen molar-refractivity contribution in [3.05, 3.63) is 30.1 Å². The summed E-state index contributed by atoms with van der Waals surface area (Å²) in [6, 6.07) is 6.40. The molecule has 2 heteroatoms. The predicted octanol–water partition coefficient (Wildman–Crippen LogP) is 0.619. The summed E-state index contributed by atoms with van der Waals surface area (Å²) in [6.45, 7) is 0. The second kappa shape index (κ2) is 2.35. The number of halogens is 1. The Labute approximate surface area is 56.9 Å². The topological polar surface area (TPSA) is 0 Å². The van der Waals surface area contributed by atoms with Crippen molar-refractivity contribution in [2.75, 3.05) is 0 Å². The van der Waals surface area contributed by atoms with E-state index < -0.39 is 0 Å². The van der Waals surface area contributed by atoms with Crippen molar-refractivity contribution in [3.63, 3.8) is 0 Å². The monoisotopic (exact) mass is 102 g/mol. The van der Waals surface area contributed by atoms with E-state index in [0.29, 0.717) is 0 Å². The molecule has 8 heavy (non-hydrogen) atoms. The van der Waals surface area contributed by atoms with Crippen LogP contribution in [0.3, 0.4) is 0 Å². The van der Waals surface area contributed by atoms with Crippen LogP contribution in [0.5, 0.6) is 0 Å². The SMILES string of the molecule is [Li][c]1ccc(F)cc1. The van der Waals surface area contributed by atoms with Crippen molar-refractivity contribution in [2.45, 2.75) is 0 Å². The first-order valence-electron chi connectivity index (χ1n) is 2.51. The van der Waals surface area contributed by atoms with E-state index in [1.54, 1.807) is 12.1 Å². The van der Waals surface area contributed by atoms with Gasteiger partial charge in [0.1, 0.15) is 0 Å². The zero-order valence-electron chi connectivity index (χ0n) is 4.69. The second-order valence-electron chi connectivity index (χ2n) is 1.80. The molecule has 0 heterocycles. The summed E-state index contributed by atoms with van der Waals surface area (Å²) in [6.07, 6.45) is 0. The maximum absolute atomic E-state index is 12.1. The van der Waals surface area contributed by atoms with Gasteiger partial charge in [0.2, 0.25) is 0 Å². The van der Waals surface area contributed by atoms with Crippen molar-refractivity contribution in [2.24, 2.45) is 0 Å². The molecular formula is C6H4FLi. The molecule has 0 nitrogen and oxygen atoms in total. The summed E-state index contributed by atoms with van der Waals surface area (Å²) in [4.78, 5) is 0. The fourth-order valence-corrected chi connectivity index (χ4v) is 0.533. The third kappa shape index (κ3) is 1.36. The molecule has 36 valence electrons. The normalized spacial score (nSPS) is 9.38. The van der Waals surface area contributed by atoms with Gasteiger partial charge in [-0.05, 0) is 0 Å². The van der Waals surface area contributed by atoms with Gasteiger partial charge in [0.05, 0.1) is 0 Å². The van der Waals surface area contributed by atoms with Crippen LogP contribution in [0.2, 0.25) is 0 Å². The summed E-state index contributed by atoms with van der Waals surface area (Å²) < 4.78 is 13.2. The minimum absolute atomic E-state index is 0.171. The Hall–Kier alpha value is -0.253. The molecule has 0 spiro atoms. The number of rotatable bonds is 0. The van der Waals surface area contributed by atoms with Crippen LogP contribution in [0.15, 0.2) is 24.3 Å². The van der Waals surface area contributed by atoms with Crippen LogP contribution in [-0.4, -0.2) is 17.7 Å². The predicted molar refractivity (Wildman–Crippen MR) is 31.8 cm³/mol. The Kier molecular flexibility index (Phi) is 1.72. The summed E-state index contributed by atoms with van der Waals surface area (Å²) in [5.41, 5.74) is 0. The van der Waals surface area contributed by atoms with Gasteiger partial charge in [0, 0.05) is 0 Å². The van der Waals surface area contributed by atoms with Gasteiger partial charge >= 0.3 is 56.4 Å². The maximum atomic E-state index is 12.1. The Bertz CT molecular complexity index is 147. The molecule has 0 aliphatic rings. The third-order valence-corrected chi connectivity index (χ3v) is 1.01. The van der Waals surface area contributed by atoms with Gasteiger partial charge in [-0.1, -0.05) is 0 Å². The summed E-state index contributed by atoms with van der Waals surface area (Å²) in [5, 5.41) is 0. The molecule has 0 amide bonds. The molecule has 0 aliphatic heterocycles. The first-order chi connectivity index (χ1) is 3.79. The van der Waals surface area contributed by atoms with Crippen LogP contribution in [0, 0.1) is 5.82 Å². The van der Waals surface area contributed by atoms with E-state index in [1.165, 1.54) is 12.1 Å². The summed E-state index contributed by atoms with van der Waals surface area (Å²) in [7, 11) is 0. The Morgan fingerprint density at radius 1 is 1.12 bits per heavy atom. The number of hydrogen-bond acceptors (Lipinski definition) is 0. The van der Waals surface area contributed by atoms with E-state index in [9.17, 15) is 4.39 Å². The standard InChI is InChI=1S/C6H4F.Li/c7-6-4-2-1-3-5-6;/h2-5H;.